The molecule has 0 aliphatic heterocycles. The number of benzene rings is 2. The molecule has 34 heavy (non-hydrogen) atoms. The zero-order valence-corrected chi connectivity index (χ0v) is 21.0. The molecule has 0 spiro atoms. The first-order valence-corrected chi connectivity index (χ1v) is 12.2. The van der Waals surface area contributed by atoms with Crippen molar-refractivity contribution >= 4 is 17.8 Å². The van der Waals surface area contributed by atoms with Gasteiger partial charge >= 0.3 is 0 Å². The molecule has 1 heterocycles. The number of carbonyl (C=O) groups excluding carboxylic acids is 1. The molecule has 1 aliphatic rings. The summed E-state index contributed by atoms with van der Waals surface area (Å²) in [5, 5.41) is 9.29. The van der Waals surface area contributed by atoms with E-state index < -0.39 is 0 Å². The number of methoxy groups -OCH3 is 1. The molecule has 4 rings (SSSR count). The van der Waals surface area contributed by atoms with Crippen LogP contribution in [-0.2, 0) is 27.1 Å². The molecule has 0 N–H and O–H groups in total. The highest BCUT2D eigenvalue weighted by molar-refractivity contribution is 7.94. The molecule has 0 amide bonds. The van der Waals surface area contributed by atoms with Crippen LogP contribution >= 0.6 is 12.0 Å². The van der Waals surface area contributed by atoms with Gasteiger partial charge in [0.25, 0.3) is 5.88 Å². The van der Waals surface area contributed by atoms with Crippen LogP contribution in [0.3, 0.4) is 0 Å². The fourth-order valence-corrected chi connectivity index (χ4v) is 4.91. The minimum absolute atomic E-state index is 0.000169. The third-order valence-electron chi connectivity index (χ3n) is 6.34. The van der Waals surface area contributed by atoms with Gasteiger partial charge < -0.3 is 4.74 Å². The maximum atomic E-state index is 13.7. The zero-order valence-electron chi connectivity index (χ0n) is 20.2. The summed E-state index contributed by atoms with van der Waals surface area (Å²) < 4.78 is 12.5. The van der Waals surface area contributed by atoms with Crippen LogP contribution in [0.4, 0.5) is 0 Å². The largest absolute Gasteiger partial charge is 0.377 e. The highest BCUT2D eigenvalue weighted by atomic mass is 32.2. The second-order valence-corrected chi connectivity index (χ2v) is 9.27. The number of ketones is 1. The number of aryl methyl sites for hydroxylation is 3. The number of ether oxygens (including phenoxy) is 1. The van der Waals surface area contributed by atoms with Crippen LogP contribution in [0.1, 0.15) is 69.6 Å². The predicted octanol–water partition coefficient (Wildman–Crippen LogP) is 6.03. The molecule has 0 bridgehead atoms. The SMILES string of the molecule is CCn1ncc(C(=O)c2cc(C)c3c(c2C)C(OC)CCC3)c1OOOSc1ccc(C)cc1. The van der Waals surface area contributed by atoms with E-state index in [-0.39, 0.29) is 17.8 Å². The lowest BCUT2D eigenvalue weighted by Gasteiger charge is -2.29. The number of carbonyl (C=O) groups is 1. The summed E-state index contributed by atoms with van der Waals surface area (Å²) in [7, 11) is 1.73. The molecule has 1 atom stereocenters. The summed E-state index contributed by atoms with van der Waals surface area (Å²) in [6.45, 7) is 8.48. The maximum absolute atomic E-state index is 13.7. The van der Waals surface area contributed by atoms with Crippen molar-refractivity contribution < 1.29 is 23.8 Å². The smallest absolute Gasteiger partial charge is 0.269 e. The van der Waals surface area contributed by atoms with Gasteiger partial charge in [0.15, 0.2) is 0 Å². The highest BCUT2D eigenvalue weighted by Crippen LogP contribution is 2.38. The Labute approximate surface area is 204 Å². The van der Waals surface area contributed by atoms with Crippen molar-refractivity contribution in [2.45, 2.75) is 64.5 Å². The van der Waals surface area contributed by atoms with Crippen LogP contribution in [0.15, 0.2) is 41.4 Å². The number of rotatable bonds is 9. The van der Waals surface area contributed by atoms with Crippen LogP contribution < -0.4 is 4.89 Å². The molecular formula is C26H30N2O5S. The Morgan fingerprint density at radius 3 is 2.65 bits per heavy atom. The van der Waals surface area contributed by atoms with Crippen molar-refractivity contribution in [3.8, 4) is 5.88 Å². The van der Waals surface area contributed by atoms with Gasteiger partial charge in [0.05, 0.1) is 24.3 Å². The maximum Gasteiger partial charge on any atom is 0.269 e. The molecule has 1 unspecified atom stereocenters. The second-order valence-electron chi connectivity index (χ2n) is 8.50. The van der Waals surface area contributed by atoms with Crippen LogP contribution in [-0.4, -0.2) is 22.7 Å². The normalized spacial score (nSPS) is 15.3. The Kier molecular flexibility index (Phi) is 7.73. The fraction of sp³-hybridized carbons (Fsp3) is 0.385. The molecule has 7 nitrogen and oxygen atoms in total. The first-order valence-electron chi connectivity index (χ1n) is 11.4. The lowest BCUT2D eigenvalue weighted by molar-refractivity contribution is -0.406. The third kappa shape index (κ3) is 4.90. The summed E-state index contributed by atoms with van der Waals surface area (Å²) in [5.74, 6) is 0.0309. The summed E-state index contributed by atoms with van der Waals surface area (Å²) in [4.78, 5) is 19.9. The van der Waals surface area contributed by atoms with Gasteiger partial charge in [-0.05, 0) is 87.4 Å². The summed E-state index contributed by atoms with van der Waals surface area (Å²) >= 11 is 1.02. The standard InChI is InChI=1S/C26H30N2O5S/c1-6-28-26(31-32-33-34-19-12-10-16(2)11-13-19)22(15-27-28)25(29)21-14-17(3)20-8-7-9-23(30-5)24(20)18(21)4/h10-15,23H,6-9H2,1-5H3. The molecule has 0 fully saturated rings. The minimum Gasteiger partial charge on any atom is -0.377 e. The minimum atomic E-state index is -0.173. The first kappa shape index (κ1) is 24.5. The average molecular weight is 483 g/mol. The molecule has 0 radical (unpaired) electrons. The second kappa shape index (κ2) is 10.7. The number of fused-ring (bicyclic) bond motifs is 1. The van der Waals surface area contributed by atoms with E-state index in [0.29, 0.717) is 17.7 Å². The van der Waals surface area contributed by atoms with Gasteiger partial charge in [-0.3, -0.25) is 9.68 Å². The van der Waals surface area contributed by atoms with Gasteiger partial charge in [-0.1, -0.05) is 17.7 Å². The monoisotopic (exact) mass is 482 g/mol. The van der Waals surface area contributed by atoms with Crippen LogP contribution in [0.25, 0.3) is 0 Å². The molecule has 0 saturated heterocycles. The molecule has 2 aromatic carbocycles. The van der Waals surface area contributed by atoms with Crippen molar-refractivity contribution in [3.05, 3.63) is 75.5 Å². The van der Waals surface area contributed by atoms with E-state index in [2.05, 4.69) is 12.0 Å². The van der Waals surface area contributed by atoms with Gasteiger partial charge in [0, 0.05) is 29.2 Å². The van der Waals surface area contributed by atoms with E-state index in [0.717, 1.165) is 58.5 Å². The Hall–Kier alpha value is -2.65. The van der Waals surface area contributed by atoms with E-state index in [1.807, 2.05) is 51.1 Å². The first-order chi connectivity index (χ1) is 16.4. The number of aromatic nitrogens is 2. The lowest BCUT2D eigenvalue weighted by Crippen LogP contribution is -2.18. The van der Waals surface area contributed by atoms with Gasteiger partial charge in [-0.2, -0.15) is 5.10 Å². The van der Waals surface area contributed by atoms with Crippen LogP contribution in [0, 0.1) is 20.8 Å². The van der Waals surface area contributed by atoms with Gasteiger partial charge in [0.2, 0.25) is 5.78 Å². The number of nitrogens with zero attached hydrogens (tertiary/aromatic N) is 2. The topological polar surface area (TPSA) is 71.8 Å². The molecular weight excluding hydrogens is 452 g/mol. The van der Waals surface area contributed by atoms with Crippen molar-refractivity contribution in [3.63, 3.8) is 0 Å². The van der Waals surface area contributed by atoms with E-state index in [9.17, 15) is 4.79 Å². The van der Waals surface area contributed by atoms with Crippen molar-refractivity contribution in [1.29, 1.82) is 0 Å². The Bertz CT molecular complexity index is 1170. The lowest BCUT2D eigenvalue weighted by atomic mass is 9.80. The predicted molar refractivity (Wildman–Crippen MR) is 130 cm³/mol. The van der Waals surface area contributed by atoms with E-state index in [1.54, 1.807) is 11.8 Å². The van der Waals surface area contributed by atoms with E-state index in [4.69, 9.17) is 19.0 Å². The van der Waals surface area contributed by atoms with E-state index in [1.165, 1.54) is 11.8 Å². The van der Waals surface area contributed by atoms with Gasteiger partial charge in [-0.25, -0.2) is 4.68 Å². The van der Waals surface area contributed by atoms with Crippen molar-refractivity contribution in [2.75, 3.05) is 7.11 Å². The molecule has 180 valence electrons. The fourth-order valence-electron chi connectivity index (χ4n) is 4.52. The zero-order chi connectivity index (χ0) is 24.2. The molecule has 1 aromatic heterocycles. The van der Waals surface area contributed by atoms with Gasteiger partial charge in [0.1, 0.15) is 5.56 Å². The van der Waals surface area contributed by atoms with Crippen molar-refractivity contribution in [1.82, 2.24) is 9.78 Å². The highest BCUT2D eigenvalue weighted by Gasteiger charge is 2.29. The van der Waals surface area contributed by atoms with Crippen molar-refractivity contribution in [2.24, 2.45) is 0 Å². The molecule has 0 saturated carbocycles. The molecule has 1 aliphatic carbocycles. The molecule has 3 aromatic rings. The van der Waals surface area contributed by atoms with Crippen LogP contribution in [0.2, 0.25) is 0 Å². The summed E-state index contributed by atoms with van der Waals surface area (Å²) in [5.41, 5.74) is 6.56. The Balaban J connectivity index is 1.57. The van der Waals surface area contributed by atoms with Crippen LogP contribution in [0.5, 0.6) is 5.88 Å². The molecule has 8 heteroatoms. The number of hydrogen-bond donors (Lipinski definition) is 0. The average Bonchev–Trinajstić information content (AvgIpc) is 3.27. The summed E-state index contributed by atoms with van der Waals surface area (Å²) in [6, 6.07) is 9.76. The quantitative estimate of drug-likeness (QED) is 0.121. The van der Waals surface area contributed by atoms with Gasteiger partial charge in [-0.15, -0.1) is 4.33 Å². The Morgan fingerprint density at radius 2 is 1.94 bits per heavy atom. The summed E-state index contributed by atoms with van der Waals surface area (Å²) in [6.07, 6.45) is 4.55. The Morgan fingerprint density at radius 1 is 1.18 bits per heavy atom. The number of hydrogen-bond acceptors (Lipinski definition) is 7. The third-order valence-corrected chi connectivity index (χ3v) is 6.93. The van der Waals surface area contributed by atoms with E-state index >= 15 is 0 Å².